The summed E-state index contributed by atoms with van der Waals surface area (Å²) in [6, 6.07) is 15.8. The Morgan fingerprint density at radius 2 is 1.33 bits per heavy atom. The second-order valence-electron chi connectivity index (χ2n) is 7.76. The van der Waals surface area contributed by atoms with E-state index in [0.717, 1.165) is 0 Å². The van der Waals surface area contributed by atoms with E-state index in [1.165, 1.54) is 37.6 Å². The SMILES string of the molecule is Cc1ccc2c(c1)C1C=C(C3=CC4c5ccccc5SC4C=C3)C=CC1S2. The van der Waals surface area contributed by atoms with Gasteiger partial charge in [0.25, 0.3) is 0 Å². The van der Waals surface area contributed by atoms with Gasteiger partial charge in [-0.05, 0) is 41.3 Å². The van der Waals surface area contributed by atoms with Crippen molar-refractivity contribution in [3.8, 4) is 0 Å². The Balaban J connectivity index is 1.38. The lowest BCUT2D eigenvalue weighted by Crippen LogP contribution is -2.13. The Morgan fingerprint density at radius 3 is 2.07 bits per heavy atom. The lowest BCUT2D eigenvalue weighted by Gasteiger charge is -2.23. The van der Waals surface area contributed by atoms with Crippen LogP contribution in [0.2, 0.25) is 0 Å². The minimum atomic E-state index is 0.502. The van der Waals surface area contributed by atoms with Crippen molar-refractivity contribution < 1.29 is 0 Å². The molecule has 0 amide bonds. The van der Waals surface area contributed by atoms with Crippen molar-refractivity contribution in [1.29, 1.82) is 0 Å². The van der Waals surface area contributed by atoms with Gasteiger partial charge in [-0.3, -0.25) is 0 Å². The third-order valence-corrected chi connectivity index (χ3v) is 8.72. The summed E-state index contributed by atoms with van der Waals surface area (Å²) >= 11 is 4.02. The summed E-state index contributed by atoms with van der Waals surface area (Å²) in [4.78, 5) is 2.89. The third-order valence-electron chi connectivity index (χ3n) is 6.02. The fourth-order valence-electron chi connectivity index (χ4n) is 4.66. The van der Waals surface area contributed by atoms with Gasteiger partial charge < -0.3 is 0 Å². The standard InChI is InChI=1S/C25H20S2/c1-15-6-9-23-19(12-15)21-14-17(8-11-25(21)27-23)16-7-10-24-20(13-16)18-4-2-3-5-22(18)26-24/h2-14,20-21,24-25H,1H3. The van der Waals surface area contributed by atoms with Crippen LogP contribution in [0, 0.1) is 6.92 Å². The Hall–Kier alpha value is -1.90. The topological polar surface area (TPSA) is 0 Å². The first-order valence-corrected chi connectivity index (χ1v) is 11.4. The van der Waals surface area contributed by atoms with E-state index in [-0.39, 0.29) is 0 Å². The van der Waals surface area contributed by atoms with Crippen molar-refractivity contribution in [1.82, 2.24) is 0 Å². The van der Waals surface area contributed by atoms with E-state index in [9.17, 15) is 0 Å². The summed E-state index contributed by atoms with van der Waals surface area (Å²) < 4.78 is 0. The maximum atomic E-state index is 2.51. The molecular formula is C25H20S2. The van der Waals surface area contributed by atoms with E-state index in [1.807, 2.05) is 23.5 Å². The molecule has 0 saturated carbocycles. The van der Waals surface area contributed by atoms with Crippen molar-refractivity contribution in [2.75, 3.05) is 0 Å². The maximum absolute atomic E-state index is 2.51. The minimum absolute atomic E-state index is 0.502. The monoisotopic (exact) mass is 384 g/mol. The zero-order chi connectivity index (χ0) is 18.0. The molecule has 4 aliphatic rings. The molecule has 2 aliphatic carbocycles. The molecule has 6 rings (SSSR count). The summed E-state index contributed by atoms with van der Waals surface area (Å²) in [5.41, 5.74) is 7.13. The molecule has 0 bridgehead atoms. The average molecular weight is 385 g/mol. The van der Waals surface area contributed by atoms with E-state index < -0.39 is 0 Å². The highest BCUT2D eigenvalue weighted by Crippen LogP contribution is 2.52. The van der Waals surface area contributed by atoms with Crippen LogP contribution in [0.25, 0.3) is 0 Å². The smallest absolute Gasteiger partial charge is 0.0381 e. The largest absolute Gasteiger partial charge is 0.117 e. The van der Waals surface area contributed by atoms with E-state index >= 15 is 0 Å². The highest BCUT2D eigenvalue weighted by molar-refractivity contribution is 8.00. The number of thioether (sulfide) groups is 2. The summed E-state index contributed by atoms with van der Waals surface area (Å²) in [6.07, 6.45) is 14.5. The molecule has 132 valence electrons. The van der Waals surface area contributed by atoms with Crippen LogP contribution >= 0.6 is 23.5 Å². The Labute approximate surface area is 169 Å². The molecule has 2 heteroatoms. The predicted molar refractivity (Wildman–Crippen MR) is 117 cm³/mol. The molecule has 0 N–H and O–H groups in total. The maximum Gasteiger partial charge on any atom is 0.0381 e. The van der Waals surface area contributed by atoms with Crippen molar-refractivity contribution in [3.05, 3.63) is 107 Å². The molecule has 2 aliphatic heterocycles. The molecule has 4 unspecified atom stereocenters. The van der Waals surface area contributed by atoms with Crippen molar-refractivity contribution >= 4 is 23.5 Å². The van der Waals surface area contributed by atoms with Crippen molar-refractivity contribution in [3.63, 3.8) is 0 Å². The normalized spacial score (nSPS) is 29.5. The fraction of sp³-hybridized carbons (Fsp3) is 0.200. The second kappa shape index (κ2) is 6.05. The number of fused-ring (bicyclic) bond motifs is 6. The summed E-state index contributed by atoms with van der Waals surface area (Å²) in [5, 5.41) is 1.10. The number of aryl methyl sites for hydroxylation is 1. The van der Waals surface area contributed by atoms with Crippen LogP contribution in [0.4, 0.5) is 0 Å². The Kier molecular flexibility index (Phi) is 3.61. The summed E-state index contributed by atoms with van der Waals surface area (Å²) in [7, 11) is 0. The number of hydrogen-bond acceptors (Lipinski definition) is 2. The van der Waals surface area contributed by atoms with Crippen LogP contribution in [-0.2, 0) is 0 Å². The molecule has 2 aromatic carbocycles. The van der Waals surface area contributed by atoms with Gasteiger partial charge in [-0.25, -0.2) is 0 Å². The van der Waals surface area contributed by atoms with E-state index in [4.69, 9.17) is 0 Å². The van der Waals surface area contributed by atoms with Gasteiger partial charge in [0.2, 0.25) is 0 Å². The number of hydrogen-bond donors (Lipinski definition) is 0. The van der Waals surface area contributed by atoms with Crippen LogP contribution in [0.5, 0.6) is 0 Å². The highest BCUT2D eigenvalue weighted by atomic mass is 32.2. The van der Waals surface area contributed by atoms with Gasteiger partial charge in [0.15, 0.2) is 0 Å². The van der Waals surface area contributed by atoms with Gasteiger partial charge >= 0.3 is 0 Å². The first kappa shape index (κ1) is 16.1. The Bertz CT molecular complexity index is 1070. The van der Waals surface area contributed by atoms with E-state index in [0.29, 0.717) is 22.3 Å². The van der Waals surface area contributed by atoms with Crippen LogP contribution in [0.1, 0.15) is 28.5 Å². The molecule has 0 radical (unpaired) electrons. The van der Waals surface area contributed by atoms with Gasteiger partial charge in [-0.2, -0.15) is 0 Å². The first-order valence-electron chi connectivity index (χ1n) is 9.59. The number of allylic oxidation sites excluding steroid dienone is 6. The van der Waals surface area contributed by atoms with Gasteiger partial charge in [-0.15, -0.1) is 23.5 Å². The molecule has 0 aromatic heterocycles. The van der Waals surface area contributed by atoms with Crippen molar-refractivity contribution in [2.45, 2.75) is 39.1 Å². The van der Waals surface area contributed by atoms with Crippen LogP contribution in [0.3, 0.4) is 0 Å². The molecule has 0 nitrogen and oxygen atoms in total. The predicted octanol–water partition coefficient (Wildman–Crippen LogP) is 6.80. The first-order chi connectivity index (χ1) is 13.3. The molecule has 27 heavy (non-hydrogen) atoms. The molecule has 0 spiro atoms. The zero-order valence-electron chi connectivity index (χ0n) is 15.1. The number of rotatable bonds is 1. The summed E-state index contributed by atoms with van der Waals surface area (Å²) in [5.74, 6) is 1.01. The second-order valence-corrected chi connectivity index (χ2v) is 10.2. The Morgan fingerprint density at radius 1 is 0.704 bits per heavy atom. The van der Waals surface area contributed by atoms with Crippen LogP contribution < -0.4 is 0 Å². The third kappa shape index (κ3) is 2.54. The molecule has 0 saturated heterocycles. The number of benzene rings is 2. The quantitative estimate of drug-likeness (QED) is 0.530. The lowest BCUT2D eigenvalue weighted by molar-refractivity contribution is 0.856. The average Bonchev–Trinajstić information content (AvgIpc) is 3.25. The van der Waals surface area contributed by atoms with Gasteiger partial charge in [0.05, 0.1) is 0 Å². The summed E-state index contributed by atoms with van der Waals surface area (Å²) in [6.45, 7) is 2.20. The molecular weight excluding hydrogens is 364 g/mol. The van der Waals surface area contributed by atoms with Gasteiger partial charge in [0.1, 0.15) is 0 Å². The molecule has 4 atom stereocenters. The molecule has 2 heterocycles. The van der Waals surface area contributed by atoms with Crippen LogP contribution in [0.15, 0.2) is 99.9 Å². The van der Waals surface area contributed by atoms with Gasteiger partial charge in [-0.1, -0.05) is 72.4 Å². The fourth-order valence-corrected chi connectivity index (χ4v) is 7.28. The van der Waals surface area contributed by atoms with Gasteiger partial charge in [0, 0.05) is 32.1 Å². The molecule has 0 fully saturated rings. The van der Waals surface area contributed by atoms with E-state index in [2.05, 4.69) is 85.8 Å². The van der Waals surface area contributed by atoms with Crippen LogP contribution in [-0.4, -0.2) is 10.5 Å². The minimum Gasteiger partial charge on any atom is -0.117 e. The highest BCUT2D eigenvalue weighted by Gasteiger charge is 2.35. The van der Waals surface area contributed by atoms with E-state index in [1.54, 1.807) is 0 Å². The van der Waals surface area contributed by atoms with Crippen molar-refractivity contribution in [2.24, 2.45) is 0 Å². The zero-order valence-corrected chi connectivity index (χ0v) is 16.8. The molecule has 2 aromatic rings. The lowest BCUT2D eigenvalue weighted by atomic mass is 9.83.